The Morgan fingerprint density at radius 3 is 2.89 bits per heavy atom. The van der Waals surface area contributed by atoms with Gasteiger partial charge in [-0.2, -0.15) is 0 Å². The first-order valence-corrected chi connectivity index (χ1v) is 5.79. The highest BCUT2D eigenvalue weighted by Crippen LogP contribution is 2.31. The standard InChI is InChI=1S/C13H13N3O3/c14-10-3-1-2-8-9(10)6-16(13(8)19)7-4-11(17)15-12(18)5-7/h1-3,7H,4-6,14H2,(H,15,17,18)/i4D2/hD. The van der Waals surface area contributed by atoms with Gasteiger partial charge in [0.25, 0.3) is 5.91 Å². The summed E-state index contributed by atoms with van der Waals surface area (Å²) in [6.45, 7) is 0.0452. The fourth-order valence-electron chi connectivity index (χ4n) is 2.37. The van der Waals surface area contributed by atoms with Gasteiger partial charge in [0.1, 0.15) is 0 Å². The fourth-order valence-corrected chi connectivity index (χ4v) is 2.37. The molecule has 1 aromatic rings. The molecular formula is C13H13N3O3. The van der Waals surface area contributed by atoms with Crippen molar-refractivity contribution in [3.63, 3.8) is 0 Å². The van der Waals surface area contributed by atoms with Crippen LogP contribution in [0, 0.1) is 0 Å². The number of fused-ring (bicyclic) bond motifs is 1. The predicted octanol–water partition coefficient (Wildman–Crippen LogP) is 0.0298. The Hall–Kier alpha value is -2.37. The molecule has 98 valence electrons. The Bertz CT molecular complexity index is 707. The van der Waals surface area contributed by atoms with Crippen molar-refractivity contribution < 1.29 is 18.5 Å². The van der Waals surface area contributed by atoms with E-state index in [1.807, 2.05) is 0 Å². The van der Waals surface area contributed by atoms with E-state index in [0.29, 0.717) is 16.8 Å². The van der Waals surface area contributed by atoms with Crippen LogP contribution >= 0.6 is 0 Å². The summed E-state index contributed by atoms with van der Waals surface area (Å²) >= 11 is 0. The van der Waals surface area contributed by atoms with Crippen LogP contribution < -0.4 is 11.0 Å². The molecule has 1 atom stereocenters. The van der Waals surface area contributed by atoms with Gasteiger partial charge >= 0.3 is 0 Å². The number of carbonyl (C=O) groups is 3. The van der Waals surface area contributed by atoms with Gasteiger partial charge in [-0.05, 0) is 12.1 Å². The molecule has 6 heteroatoms. The topological polar surface area (TPSA) is 92.5 Å². The van der Waals surface area contributed by atoms with Crippen molar-refractivity contribution in [2.24, 2.45) is 0 Å². The third-order valence-electron chi connectivity index (χ3n) is 3.29. The van der Waals surface area contributed by atoms with E-state index in [-0.39, 0.29) is 11.9 Å². The number of nitrogens with two attached hydrogens (primary N) is 1. The van der Waals surface area contributed by atoms with Crippen LogP contribution in [-0.4, -0.2) is 28.7 Å². The van der Waals surface area contributed by atoms with Crippen LogP contribution in [0.15, 0.2) is 18.2 Å². The number of hydrogen-bond donors (Lipinski definition) is 2. The Kier molecular flexibility index (Phi) is 1.87. The van der Waals surface area contributed by atoms with Gasteiger partial charge in [0, 0.05) is 44.9 Å². The number of anilines is 1. The molecule has 1 unspecified atom stereocenters. The van der Waals surface area contributed by atoms with E-state index in [0.717, 1.165) is 4.90 Å². The highest BCUT2D eigenvalue weighted by molar-refractivity contribution is 6.02. The van der Waals surface area contributed by atoms with Gasteiger partial charge in [-0.1, -0.05) is 6.07 Å². The van der Waals surface area contributed by atoms with Gasteiger partial charge in [-0.25, -0.2) is 0 Å². The van der Waals surface area contributed by atoms with Gasteiger partial charge < -0.3 is 10.6 Å². The second-order valence-electron chi connectivity index (χ2n) is 4.48. The zero-order valence-corrected chi connectivity index (χ0v) is 9.92. The van der Waals surface area contributed by atoms with E-state index in [1.165, 1.54) is 0 Å². The van der Waals surface area contributed by atoms with Crippen LogP contribution in [0.4, 0.5) is 5.69 Å². The fraction of sp³-hybridized carbons (Fsp3) is 0.308. The van der Waals surface area contributed by atoms with Gasteiger partial charge in [0.15, 0.2) is 1.41 Å². The average molecular weight is 262 g/mol. The Balaban J connectivity index is 1.99. The van der Waals surface area contributed by atoms with Crippen LogP contribution in [0.2, 0.25) is 1.41 Å². The van der Waals surface area contributed by atoms with Crippen molar-refractivity contribution >= 4 is 23.4 Å². The predicted molar refractivity (Wildman–Crippen MR) is 66.9 cm³/mol. The molecule has 3 rings (SSSR count). The van der Waals surface area contributed by atoms with Crippen molar-refractivity contribution in [2.75, 3.05) is 5.73 Å². The first kappa shape index (κ1) is 8.68. The zero-order chi connectivity index (χ0) is 16.2. The lowest BCUT2D eigenvalue weighted by atomic mass is 10.0. The van der Waals surface area contributed by atoms with E-state index < -0.39 is 36.6 Å². The largest absolute Gasteiger partial charge is 0.398 e. The summed E-state index contributed by atoms with van der Waals surface area (Å²) in [4.78, 5) is 37.2. The summed E-state index contributed by atoms with van der Waals surface area (Å²) in [5, 5.41) is 0.0263. The monoisotopic (exact) mass is 262 g/mol. The number of rotatable bonds is 1. The molecule has 3 N–H and O–H groups in total. The first-order chi connectivity index (χ1) is 10.2. The van der Waals surface area contributed by atoms with E-state index >= 15 is 0 Å². The number of piperidine rings is 1. The minimum atomic E-state index is -2.50. The maximum absolute atomic E-state index is 12.5. The number of nitrogens with zero attached hydrogens (tertiary/aromatic N) is 1. The Labute approximate surface area is 113 Å². The maximum Gasteiger partial charge on any atom is 0.254 e. The molecule has 1 saturated heterocycles. The molecule has 2 aliphatic rings. The number of nitrogen functional groups attached to an aromatic ring is 1. The molecule has 0 radical (unpaired) electrons. The second-order valence-corrected chi connectivity index (χ2v) is 4.48. The number of nitrogens with one attached hydrogen (secondary N) is 1. The molecule has 1 aromatic carbocycles. The molecule has 2 heterocycles. The van der Waals surface area contributed by atoms with Crippen LogP contribution in [0.3, 0.4) is 0 Å². The van der Waals surface area contributed by atoms with Gasteiger partial charge in [0.2, 0.25) is 11.8 Å². The van der Waals surface area contributed by atoms with Crippen molar-refractivity contribution in [3.8, 4) is 0 Å². The van der Waals surface area contributed by atoms with Crippen LogP contribution in [-0.2, 0) is 16.1 Å². The van der Waals surface area contributed by atoms with Gasteiger partial charge in [-0.3, -0.25) is 19.7 Å². The lowest BCUT2D eigenvalue weighted by Gasteiger charge is -2.29. The van der Waals surface area contributed by atoms with Crippen LogP contribution in [0.25, 0.3) is 0 Å². The van der Waals surface area contributed by atoms with Crippen molar-refractivity contribution in [2.45, 2.75) is 25.4 Å². The van der Waals surface area contributed by atoms with Crippen molar-refractivity contribution in [3.05, 3.63) is 29.3 Å². The highest BCUT2D eigenvalue weighted by Gasteiger charge is 2.37. The molecule has 3 amide bonds. The molecule has 0 saturated carbocycles. The molecule has 2 aliphatic heterocycles. The third-order valence-corrected chi connectivity index (χ3v) is 3.29. The molecule has 0 aliphatic carbocycles. The van der Waals surface area contributed by atoms with Gasteiger partial charge in [-0.15, -0.1) is 0 Å². The summed E-state index contributed by atoms with van der Waals surface area (Å²) < 4.78 is 23.1. The Morgan fingerprint density at radius 2 is 2.16 bits per heavy atom. The van der Waals surface area contributed by atoms with Crippen molar-refractivity contribution in [1.82, 2.24) is 10.2 Å². The smallest absolute Gasteiger partial charge is 0.254 e. The van der Waals surface area contributed by atoms with E-state index in [2.05, 4.69) is 0 Å². The number of benzene rings is 1. The molecule has 0 bridgehead atoms. The zero-order valence-electron chi connectivity index (χ0n) is 12.9. The molecule has 6 nitrogen and oxygen atoms in total. The molecule has 19 heavy (non-hydrogen) atoms. The third kappa shape index (κ3) is 1.85. The SMILES string of the molecule is [2H]N1C(=O)CC(N2Cc3c(N)cccc3C2=O)C([2H])([2H])C1=O. The summed E-state index contributed by atoms with van der Waals surface area (Å²) in [5.74, 6) is -2.55. The summed E-state index contributed by atoms with van der Waals surface area (Å²) in [6, 6.07) is 3.58. The average Bonchev–Trinajstić information content (AvgIpc) is 2.80. The first-order valence-electron chi connectivity index (χ1n) is 7.24. The lowest BCUT2D eigenvalue weighted by molar-refractivity contribution is -0.135. The van der Waals surface area contributed by atoms with E-state index in [9.17, 15) is 14.4 Å². The quantitative estimate of drug-likeness (QED) is 0.551. The van der Waals surface area contributed by atoms with E-state index in [4.69, 9.17) is 9.89 Å². The molecule has 1 fully saturated rings. The molecule has 0 spiro atoms. The summed E-state index contributed by atoms with van der Waals surface area (Å²) in [6.07, 6.45) is -2.91. The maximum atomic E-state index is 12.5. The van der Waals surface area contributed by atoms with Crippen molar-refractivity contribution in [1.29, 1.82) is 0 Å². The number of carbonyl (C=O) groups excluding carboxylic acids is 3. The summed E-state index contributed by atoms with van der Waals surface area (Å²) in [7, 11) is 0. The minimum absolute atomic E-state index is 0.0263. The number of amides is 3. The second kappa shape index (κ2) is 4.08. The Morgan fingerprint density at radius 1 is 1.37 bits per heavy atom. The summed E-state index contributed by atoms with van der Waals surface area (Å²) in [5.41, 5.74) is 7.15. The minimum Gasteiger partial charge on any atom is -0.398 e. The van der Waals surface area contributed by atoms with Gasteiger partial charge in [0.05, 0.1) is 0 Å². The normalized spacial score (nSPS) is 27.9. The van der Waals surface area contributed by atoms with Crippen LogP contribution in [0.1, 0.15) is 31.5 Å². The highest BCUT2D eigenvalue weighted by atomic mass is 16.2. The molecular weight excluding hydrogens is 246 g/mol. The lowest BCUT2D eigenvalue weighted by Crippen LogP contribution is -2.48. The number of hydrogen-bond acceptors (Lipinski definition) is 4. The van der Waals surface area contributed by atoms with E-state index in [1.54, 1.807) is 18.2 Å². The molecule has 0 aromatic heterocycles. The van der Waals surface area contributed by atoms with Crippen LogP contribution in [0.5, 0.6) is 0 Å². The number of imide groups is 1.